The lowest BCUT2D eigenvalue weighted by atomic mass is 10.1. The van der Waals surface area contributed by atoms with Crippen LogP contribution in [0.4, 0.5) is 0 Å². The van der Waals surface area contributed by atoms with Crippen LogP contribution < -0.4 is 4.74 Å². The first-order valence-corrected chi connectivity index (χ1v) is 8.18. The van der Waals surface area contributed by atoms with Crippen molar-refractivity contribution in [2.45, 2.75) is 38.7 Å². The highest BCUT2D eigenvalue weighted by atomic mass is 16.5. The van der Waals surface area contributed by atoms with Gasteiger partial charge in [0.05, 0.1) is 0 Å². The fourth-order valence-corrected chi connectivity index (χ4v) is 3.04. The van der Waals surface area contributed by atoms with Crippen LogP contribution in [0.15, 0.2) is 42.5 Å². The minimum atomic E-state index is -0.431. The molecule has 0 saturated carbocycles. The summed E-state index contributed by atoms with van der Waals surface area (Å²) in [6.07, 6.45) is 4.23. The summed E-state index contributed by atoms with van der Waals surface area (Å²) < 4.78 is 5.89. The molecule has 1 aliphatic heterocycles. The van der Waals surface area contributed by atoms with Crippen molar-refractivity contribution < 1.29 is 9.53 Å². The molecule has 2 aromatic carbocycles. The van der Waals surface area contributed by atoms with E-state index < -0.39 is 6.10 Å². The van der Waals surface area contributed by atoms with Crippen molar-refractivity contribution in [3.63, 3.8) is 0 Å². The molecule has 3 nitrogen and oxygen atoms in total. The van der Waals surface area contributed by atoms with Crippen LogP contribution in [0.25, 0.3) is 10.8 Å². The van der Waals surface area contributed by atoms with Crippen molar-refractivity contribution in [1.82, 2.24) is 4.90 Å². The van der Waals surface area contributed by atoms with Gasteiger partial charge in [0.25, 0.3) is 5.91 Å². The van der Waals surface area contributed by atoms with E-state index in [0.717, 1.165) is 37.1 Å². The Labute approximate surface area is 131 Å². The molecule has 1 amide bonds. The molecule has 1 saturated heterocycles. The van der Waals surface area contributed by atoms with Gasteiger partial charge in [0.1, 0.15) is 5.75 Å². The molecule has 1 heterocycles. The molecule has 116 valence electrons. The van der Waals surface area contributed by atoms with Crippen LogP contribution in [0.2, 0.25) is 0 Å². The number of amides is 1. The molecule has 0 aliphatic carbocycles. The highest BCUT2D eigenvalue weighted by Gasteiger charge is 2.22. The SMILES string of the molecule is C[C@@H](Oc1ccc2ccccc2c1)C(=O)N1CCCCCC1. The monoisotopic (exact) mass is 297 g/mol. The van der Waals surface area contributed by atoms with Crippen LogP contribution in [0.1, 0.15) is 32.6 Å². The number of carbonyl (C=O) groups is 1. The van der Waals surface area contributed by atoms with Crippen molar-refractivity contribution in [3.05, 3.63) is 42.5 Å². The third kappa shape index (κ3) is 3.41. The van der Waals surface area contributed by atoms with Gasteiger partial charge in [-0.2, -0.15) is 0 Å². The van der Waals surface area contributed by atoms with Crippen LogP contribution in [0.5, 0.6) is 5.75 Å². The minimum absolute atomic E-state index is 0.107. The summed E-state index contributed by atoms with van der Waals surface area (Å²) in [6, 6.07) is 14.1. The van der Waals surface area contributed by atoms with E-state index in [4.69, 9.17) is 4.74 Å². The third-order valence-electron chi connectivity index (χ3n) is 4.30. The first-order chi connectivity index (χ1) is 10.7. The van der Waals surface area contributed by atoms with E-state index in [1.807, 2.05) is 42.2 Å². The topological polar surface area (TPSA) is 29.5 Å². The predicted molar refractivity (Wildman–Crippen MR) is 89.1 cm³/mol. The first-order valence-electron chi connectivity index (χ1n) is 8.18. The summed E-state index contributed by atoms with van der Waals surface area (Å²) in [4.78, 5) is 14.5. The third-order valence-corrected chi connectivity index (χ3v) is 4.30. The quantitative estimate of drug-likeness (QED) is 0.856. The molecule has 3 rings (SSSR count). The van der Waals surface area contributed by atoms with Crippen LogP contribution >= 0.6 is 0 Å². The standard InChI is InChI=1S/C19H23NO2/c1-15(19(21)20-12-6-2-3-7-13-20)22-18-11-10-16-8-4-5-9-17(16)14-18/h4-5,8-11,14-15H,2-3,6-7,12-13H2,1H3/t15-/m1/s1. The molecule has 2 aromatic rings. The van der Waals surface area contributed by atoms with E-state index in [1.165, 1.54) is 18.2 Å². The first kappa shape index (κ1) is 14.9. The Morgan fingerprint density at radius 1 is 1.00 bits per heavy atom. The highest BCUT2D eigenvalue weighted by Crippen LogP contribution is 2.22. The number of likely N-dealkylation sites (tertiary alicyclic amines) is 1. The summed E-state index contributed by atoms with van der Waals surface area (Å²) >= 11 is 0. The molecule has 1 aliphatic rings. The van der Waals surface area contributed by atoms with E-state index in [9.17, 15) is 4.79 Å². The van der Waals surface area contributed by atoms with Gasteiger partial charge in [-0.25, -0.2) is 0 Å². The zero-order valence-electron chi connectivity index (χ0n) is 13.1. The molecule has 0 radical (unpaired) electrons. The summed E-state index contributed by atoms with van der Waals surface area (Å²) in [5.74, 6) is 0.865. The minimum Gasteiger partial charge on any atom is -0.481 e. The summed E-state index contributed by atoms with van der Waals surface area (Å²) in [7, 11) is 0. The predicted octanol–water partition coefficient (Wildman–Crippen LogP) is 4.01. The van der Waals surface area contributed by atoms with Crippen molar-refractivity contribution in [3.8, 4) is 5.75 Å². The Morgan fingerprint density at radius 2 is 1.68 bits per heavy atom. The van der Waals surface area contributed by atoms with Gasteiger partial charge in [-0.15, -0.1) is 0 Å². The Bertz CT molecular complexity index is 645. The van der Waals surface area contributed by atoms with Crippen LogP contribution in [-0.4, -0.2) is 30.0 Å². The molecule has 22 heavy (non-hydrogen) atoms. The summed E-state index contributed by atoms with van der Waals surface area (Å²) in [5.41, 5.74) is 0. The van der Waals surface area contributed by atoms with Crippen molar-refractivity contribution >= 4 is 16.7 Å². The fourth-order valence-electron chi connectivity index (χ4n) is 3.04. The fraction of sp³-hybridized carbons (Fsp3) is 0.421. The molecule has 1 atom stereocenters. The number of benzene rings is 2. The van der Waals surface area contributed by atoms with Gasteiger partial charge in [-0.05, 0) is 42.7 Å². The molecule has 0 unspecified atom stereocenters. The number of carbonyl (C=O) groups excluding carboxylic acids is 1. The Morgan fingerprint density at radius 3 is 2.41 bits per heavy atom. The lowest BCUT2D eigenvalue weighted by molar-refractivity contribution is -0.137. The number of nitrogens with zero attached hydrogens (tertiary/aromatic N) is 1. The number of hydrogen-bond donors (Lipinski definition) is 0. The number of hydrogen-bond acceptors (Lipinski definition) is 2. The van der Waals surface area contributed by atoms with Gasteiger partial charge in [0, 0.05) is 13.1 Å². The van der Waals surface area contributed by atoms with E-state index in [0.29, 0.717) is 0 Å². The van der Waals surface area contributed by atoms with Crippen molar-refractivity contribution in [2.24, 2.45) is 0 Å². The van der Waals surface area contributed by atoms with Gasteiger partial charge < -0.3 is 9.64 Å². The van der Waals surface area contributed by atoms with Crippen LogP contribution in [-0.2, 0) is 4.79 Å². The second kappa shape index (κ2) is 6.82. The normalized spacial score (nSPS) is 17.0. The zero-order valence-corrected chi connectivity index (χ0v) is 13.1. The average Bonchev–Trinajstić information content (AvgIpc) is 2.83. The molecule has 0 N–H and O–H groups in total. The zero-order chi connectivity index (χ0) is 15.4. The molecule has 0 aromatic heterocycles. The largest absolute Gasteiger partial charge is 0.481 e. The van der Waals surface area contributed by atoms with E-state index >= 15 is 0 Å². The van der Waals surface area contributed by atoms with Gasteiger partial charge >= 0.3 is 0 Å². The van der Waals surface area contributed by atoms with Gasteiger partial charge in [-0.3, -0.25) is 4.79 Å². The van der Waals surface area contributed by atoms with Crippen LogP contribution in [0, 0.1) is 0 Å². The summed E-state index contributed by atoms with van der Waals surface area (Å²) in [5, 5.41) is 2.32. The molecule has 3 heteroatoms. The van der Waals surface area contributed by atoms with Crippen molar-refractivity contribution in [2.75, 3.05) is 13.1 Å². The maximum absolute atomic E-state index is 12.5. The van der Waals surface area contributed by atoms with E-state index in [-0.39, 0.29) is 5.91 Å². The Balaban J connectivity index is 1.68. The molecule has 0 bridgehead atoms. The average molecular weight is 297 g/mol. The highest BCUT2D eigenvalue weighted by molar-refractivity contribution is 5.84. The molecule has 0 spiro atoms. The number of fused-ring (bicyclic) bond motifs is 1. The van der Waals surface area contributed by atoms with Gasteiger partial charge in [0.2, 0.25) is 0 Å². The van der Waals surface area contributed by atoms with Crippen molar-refractivity contribution in [1.29, 1.82) is 0 Å². The molecular weight excluding hydrogens is 274 g/mol. The summed E-state index contributed by atoms with van der Waals surface area (Å²) in [6.45, 7) is 3.58. The lowest BCUT2D eigenvalue weighted by Crippen LogP contribution is -2.40. The van der Waals surface area contributed by atoms with Crippen LogP contribution in [0.3, 0.4) is 0 Å². The second-order valence-corrected chi connectivity index (χ2v) is 6.01. The maximum atomic E-state index is 12.5. The number of ether oxygens (including phenoxy) is 1. The van der Waals surface area contributed by atoms with E-state index in [1.54, 1.807) is 0 Å². The smallest absolute Gasteiger partial charge is 0.263 e. The van der Waals surface area contributed by atoms with Gasteiger partial charge in [0.15, 0.2) is 6.10 Å². The Kier molecular flexibility index (Phi) is 4.62. The van der Waals surface area contributed by atoms with E-state index in [2.05, 4.69) is 12.1 Å². The second-order valence-electron chi connectivity index (χ2n) is 6.01. The van der Waals surface area contributed by atoms with Gasteiger partial charge in [-0.1, -0.05) is 43.2 Å². The lowest BCUT2D eigenvalue weighted by Gasteiger charge is -2.24. The number of rotatable bonds is 3. The maximum Gasteiger partial charge on any atom is 0.263 e. The molecule has 1 fully saturated rings. The molecular formula is C19H23NO2. The Hall–Kier alpha value is -2.03.